The number of hydrogen-bond donors (Lipinski definition) is 1. The van der Waals surface area contributed by atoms with Crippen molar-refractivity contribution < 1.29 is 4.79 Å². The van der Waals surface area contributed by atoms with Crippen LogP contribution in [-0.4, -0.2) is 22.2 Å². The normalized spacial score (nSPS) is 10.7. The number of halogens is 1. The molecule has 0 bridgehead atoms. The van der Waals surface area contributed by atoms with E-state index in [2.05, 4.69) is 22.5 Å². The fraction of sp³-hybridized carbons (Fsp3) is 0.176. The molecule has 0 atom stereocenters. The first-order valence-corrected chi connectivity index (χ1v) is 8.52. The first-order valence-electron chi connectivity index (χ1n) is 7.26. The molecule has 4 nitrogen and oxygen atoms in total. The first kappa shape index (κ1) is 15.8. The van der Waals surface area contributed by atoms with E-state index in [1.807, 2.05) is 23.1 Å². The SMILES string of the molecule is Cc1cc(-c2cccs2)nn1CCNC(=O)c1ccccc1Cl. The van der Waals surface area contributed by atoms with Gasteiger partial charge in [0.25, 0.3) is 5.91 Å². The van der Waals surface area contributed by atoms with E-state index >= 15 is 0 Å². The molecule has 6 heteroatoms. The number of carbonyl (C=O) groups excluding carboxylic acids is 1. The van der Waals surface area contributed by atoms with Gasteiger partial charge in [0.15, 0.2) is 0 Å². The molecule has 2 heterocycles. The van der Waals surface area contributed by atoms with E-state index in [1.165, 1.54) is 0 Å². The van der Waals surface area contributed by atoms with Crippen molar-refractivity contribution >= 4 is 28.8 Å². The van der Waals surface area contributed by atoms with Gasteiger partial charge in [-0.25, -0.2) is 0 Å². The largest absolute Gasteiger partial charge is 0.350 e. The zero-order valence-corrected chi connectivity index (χ0v) is 14.2. The van der Waals surface area contributed by atoms with Crippen molar-refractivity contribution in [3.8, 4) is 10.6 Å². The average Bonchev–Trinajstić information content (AvgIpc) is 3.18. The van der Waals surface area contributed by atoms with E-state index in [0.717, 1.165) is 16.3 Å². The molecule has 2 aromatic heterocycles. The van der Waals surface area contributed by atoms with Crippen LogP contribution in [-0.2, 0) is 6.54 Å². The van der Waals surface area contributed by atoms with Crippen LogP contribution in [0.5, 0.6) is 0 Å². The molecular weight excluding hydrogens is 330 g/mol. The number of amides is 1. The van der Waals surface area contributed by atoms with Crippen LogP contribution in [0.15, 0.2) is 47.8 Å². The van der Waals surface area contributed by atoms with Crippen LogP contribution < -0.4 is 5.32 Å². The van der Waals surface area contributed by atoms with Crippen molar-refractivity contribution in [2.75, 3.05) is 6.54 Å². The Morgan fingerprint density at radius 1 is 1.30 bits per heavy atom. The lowest BCUT2D eigenvalue weighted by molar-refractivity contribution is 0.0952. The van der Waals surface area contributed by atoms with Gasteiger partial charge in [0.2, 0.25) is 0 Å². The molecule has 3 aromatic rings. The molecule has 0 radical (unpaired) electrons. The second kappa shape index (κ2) is 6.98. The highest BCUT2D eigenvalue weighted by atomic mass is 35.5. The van der Waals surface area contributed by atoms with Crippen molar-refractivity contribution in [3.05, 3.63) is 64.1 Å². The summed E-state index contributed by atoms with van der Waals surface area (Å²) in [6.07, 6.45) is 0. The van der Waals surface area contributed by atoms with Crippen LogP contribution in [0.25, 0.3) is 10.6 Å². The number of nitrogens with one attached hydrogen (secondary N) is 1. The molecule has 0 aliphatic carbocycles. The van der Waals surface area contributed by atoms with Crippen molar-refractivity contribution in [3.63, 3.8) is 0 Å². The predicted molar refractivity (Wildman–Crippen MR) is 94.1 cm³/mol. The monoisotopic (exact) mass is 345 g/mol. The first-order chi connectivity index (χ1) is 11.1. The summed E-state index contributed by atoms with van der Waals surface area (Å²) in [5.41, 5.74) is 2.53. The van der Waals surface area contributed by atoms with E-state index in [-0.39, 0.29) is 5.91 Å². The molecule has 0 spiro atoms. The standard InChI is InChI=1S/C17H16ClN3OS/c1-12-11-15(16-7-4-10-23-16)20-21(12)9-8-19-17(22)13-5-2-3-6-14(13)18/h2-7,10-11H,8-9H2,1H3,(H,19,22). The number of carbonyl (C=O) groups is 1. The average molecular weight is 346 g/mol. The lowest BCUT2D eigenvalue weighted by Gasteiger charge is -2.08. The van der Waals surface area contributed by atoms with Crippen molar-refractivity contribution in [2.24, 2.45) is 0 Å². The van der Waals surface area contributed by atoms with Crippen LogP contribution in [0.2, 0.25) is 5.02 Å². The number of hydrogen-bond acceptors (Lipinski definition) is 3. The summed E-state index contributed by atoms with van der Waals surface area (Å²) >= 11 is 7.69. The minimum atomic E-state index is -0.168. The lowest BCUT2D eigenvalue weighted by Crippen LogP contribution is -2.28. The van der Waals surface area contributed by atoms with E-state index in [4.69, 9.17) is 11.6 Å². The van der Waals surface area contributed by atoms with E-state index < -0.39 is 0 Å². The minimum absolute atomic E-state index is 0.168. The van der Waals surface area contributed by atoms with Crippen LogP contribution in [0, 0.1) is 6.92 Å². The quantitative estimate of drug-likeness (QED) is 0.759. The fourth-order valence-electron chi connectivity index (χ4n) is 2.30. The van der Waals surface area contributed by atoms with Crippen molar-refractivity contribution in [2.45, 2.75) is 13.5 Å². The molecule has 0 unspecified atom stereocenters. The van der Waals surface area contributed by atoms with Crippen molar-refractivity contribution in [1.82, 2.24) is 15.1 Å². The number of aryl methyl sites for hydroxylation is 1. The third kappa shape index (κ3) is 3.63. The van der Waals surface area contributed by atoms with Gasteiger partial charge < -0.3 is 5.32 Å². The molecule has 0 saturated carbocycles. The third-order valence-electron chi connectivity index (χ3n) is 3.48. The van der Waals surface area contributed by atoms with Gasteiger partial charge in [0.1, 0.15) is 5.69 Å². The lowest BCUT2D eigenvalue weighted by atomic mass is 10.2. The zero-order valence-electron chi connectivity index (χ0n) is 12.6. The van der Waals surface area contributed by atoms with E-state index in [0.29, 0.717) is 23.7 Å². The van der Waals surface area contributed by atoms with Gasteiger partial charge in [0, 0.05) is 12.2 Å². The Labute approximate surface area is 143 Å². The van der Waals surface area contributed by atoms with Crippen LogP contribution in [0.3, 0.4) is 0 Å². The van der Waals surface area contributed by atoms with Gasteiger partial charge in [-0.3, -0.25) is 9.48 Å². The molecule has 1 aromatic carbocycles. The van der Waals surface area contributed by atoms with Crippen LogP contribution >= 0.6 is 22.9 Å². The van der Waals surface area contributed by atoms with Gasteiger partial charge in [-0.2, -0.15) is 5.10 Å². The second-order valence-electron chi connectivity index (χ2n) is 5.11. The molecule has 0 aliphatic rings. The number of thiophene rings is 1. The molecule has 3 rings (SSSR count). The Hall–Kier alpha value is -2.11. The molecule has 23 heavy (non-hydrogen) atoms. The highest BCUT2D eigenvalue weighted by Crippen LogP contribution is 2.23. The highest BCUT2D eigenvalue weighted by molar-refractivity contribution is 7.13. The summed E-state index contributed by atoms with van der Waals surface area (Å²) in [7, 11) is 0. The summed E-state index contributed by atoms with van der Waals surface area (Å²) in [6.45, 7) is 3.13. The number of rotatable bonds is 5. The van der Waals surface area contributed by atoms with Gasteiger partial charge >= 0.3 is 0 Å². The summed E-state index contributed by atoms with van der Waals surface area (Å²) in [5.74, 6) is -0.168. The predicted octanol–water partition coefficient (Wildman–Crippen LogP) is 4.00. The molecule has 118 valence electrons. The molecule has 0 aliphatic heterocycles. The Morgan fingerprint density at radius 3 is 2.87 bits per heavy atom. The van der Waals surface area contributed by atoms with E-state index in [1.54, 1.807) is 35.6 Å². The van der Waals surface area contributed by atoms with Crippen LogP contribution in [0.4, 0.5) is 0 Å². The van der Waals surface area contributed by atoms with Gasteiger partial charge in [-0.1, -0.05) is 29.8 Å². The molecule has 0 fully saturated rings. The number of aromatic nitrogens is 2. The van der Waals surface area contributed by atoms with Gasteiger partial charge in [-0.05, 0) is 36.6 Å². The van der Waals surface area contributed by atoms with Crippen LogP contribution in [0.1, 0.15) is 16.1 Å². The second-order valence-corrected chi connectivity index (χ2v) is 6.46. The summed E-state index contributed by atoms with van der Waals surface area (Å²) in [4.78, 5) is 13.3. The maximum Gasteiger partial charge on any atom is 0.252 e. The third-order valence-corrected chi connectivity index (χ3v) is 4.70. The fourth-order valence-corrected chi connectivity index (χ4v) is 3.20. The number of nitrogens with zero attached hydrogens (tertiary/aromatic N) is 2. The topological polar surface area (TPSA) is 46.9 Å². The maximum absolute atomic E-state index is 12.1. The Bertz CT molecular complexity index is 811. The highest BCUT2D eigenvalue weighted by Gasteiger charge is 2.10. The smallest absolute Gasteiger partial charge is 0.252 e. The summed E-state index contributed by atoms with van der Waals surface area (Å²) in [5, 5.41) is 9.96. The molecule has 0 saturated heterocycles. The minimum Gasteiger partial charge on any atom is -0.350 e. The van der Waals surface area contributed by atoms with E-state index in [9.17, 15) is 4.79 Å². The van der Waals surface area contributed by atoms with Gasteiger partial charge in [0.05, 0.1) is 22.0 Å². The zero-order chi connectivity index (χ0) is 16.2. The maximum atomic E-state index is 12.1. The molecule has 1 N–H and O–H groups in total. The van der Waals surface area contributed by atoms with Gasteiger partial charge in [-0.15, -0.1) is 11.3 Å². The Kier molecular flexibility index (Phi) is 4.79. The summed E-state index contributed by atoms with van der Waals surface area (Å²) in [6, 6.07) is 13.1. The Balaban J connectivity index is 1.61. The molecular formula is C17H16ClN3OS. The van der Waals surface area contributed by atoms with Crippen molar-refractivity contribution in [1.29, 1.82) is 0 Å². The number of benzene rings is 1. The molecule has 1 amide bonds. The summed E-state index contributed by atoms with van der Waals surface area (Å²) < 4.78 is 1.90. The Morgan fingerprint density at radius 2 is 2.13 bits per heavy atom.